The van der Waals surface area contributed by atoms with Crippen LogP contribution in [0.25, 0.3) is 0 Å². The molecule has 0 atom stereocenters. The van der Waals surface area contributed by atoms with Gasteiger partial charge in [0.05, 0.1) is 0 Å². The number of anilines is 2. The summed E-state index contributed by atoms with van der Waals surface area (Å²) in [5.74, 6) is 0.826. The Morgan fingerprint density at radius 2 is 1.81 bits per heavy atom. The molecule has 1 heterocycles. The largest absolute Gasteiger partial charge is 0.486 e. The van der Waals surface area contributed by atoms with Crippen molar-refractivity contribution in [2.45, 2.75) is 27.4 Å². The molecule has 0 unspecified atom stereocenters. The SMILES string of the molecule is Cc1ccc(NC(=O)Nc2nnc(COc3cccc(C)c3C)s2)cc1. The molecule has 2 N–H and O–H groups in total. The highest BCUT2D eigenvalue weighted by Crippen LogP contribution is 2.23. The molecule has 6 nitrogen and oxygen atoms in total. The van der Waals surface area contributed by atoms with Crippen LogP contribution in [0.4, 0.5) is 15.6 Å². The number of nitrogens with zero attached hydrogens (tertiary/aromatic N) is 2. The summed E-state index contributed by atoms with van der Waals surface area (Å²) in [7, 11) is 0. The summed E-state index contributed by atoms with van der Waals surface area (Å²) in [4.78, 5) is 12.0. The molecule has 2 amide bonds. The fraction of sp³-hybridized carbons (Fsp3) is 0.211. The molecule has 0 aliphatic heterocycles. The molecular formula is C19H20N4O2S. The van der Waals surface area contributed by atoms with Gasteiger partial charge in [0.1, 0.15) is 12.4 Å². The molecular weight excluding hydrogens is 348 g/mol. The average molecular weight is 368 g/mol. The number of ether oxygens (including phenoxy) is 1. The Kier molecular flexibility index (Phi) is 5.48. The molecule has 134 valence electrons. The number of hydrogen-bond acceptors (Lipinski definition) is 5. The zero-order valence-electron chi connectivity index (χ0n) is 14.9. The van der Waals surface area contributed by atoms with Crippen molar-refractivity contribution in [3.05, 3.63) is 64.2 Å². The third kappa shape index (κ3) is 4.58. The minimum absolute atomic E-state index is 0.309. The number of benzene rings is 2. The second-order valence-corrected chi connectivity index (χ2v) is 6.99. The van der Waals surface area contributed by atoms with E-state index < -0.39 is 0 Å². The van der Waals surface area contributed by atoms with Crippen LogP contribution >= 0.6 is 11.3 Å². The van der Waals surface area contributed by atoms with Gasteiger partial charge in [-0.2, -0.15) is 0 Å². The van der Waals surface area contributed by atoms with Crippen molar-refractivity contribution in [3.8, 4) is 5.75 Å². The second-order valence-electron chi connectivity index (χ2n) is 5.93. The number of amides is 2. The van der Waals surface area contributed by atoms with E-state index >= 15 is 0 Å². The molecule has 0 bridgehead atoms. The lowest BCUT2D eigenvalue weighted by molar-refractivity contribution is 0.262. The first-order chi connectivity index (χ1) is 12.5. The molecule has 0 saturated carbocycles. The second kappa shape index (κ2) is 7.97. The van der Waals surface area contributed by atoms with Crippen LogP contribution in [0.1, 0.15) is 21.7 Å². The lowest BCUT2D eigenvalue weighted by Crippen LogP contribution is -2.19. The Hall–Kier alpha value is -2.93. The lowest BCUT2D eigenvalue weighted by atomic mass is 10.1. The lowest BCUT2D eigenvalue weighted by Gasteiger charge is -2.09. The van der Waals surface area contributed by atoms with E-state index in [1.807, 2.05) is 63.2 Å². The quantitative estimate of drug-likeness (QED) is 0.685. The van der Waals surface area contributed by atoms with E-state index in [2.05, 4.69) is 20.8 Å². The summed E-state index contributed by atoms with van der Waals surface area (Å²) in [5, 5.41) is 14.6. The van der Waals surface area contributed by atoms with Crippen molar-refractivity contribution < 1.29 is 9.53 Å². The van der Waals surface area contributed by atoms with Gasteiger partial charge in [-0.05, 0) is 50.1 Å². The topological polar surface area (TPSA) is 76.1 Å². The van der Waals surface area contributed by atoms with Crippen LogP contribution in [0.5, 0.6) is 5.75 Å². The number of rotatable bonds is 5. The van der Waals surface area contributed by atoms with Crippen molar-refractivity contribution in [2.75, 3.05) is 10.6 Å². The van der Waals surface area contributed by atoms with Crippen molar-refractivity contribution in [2.24, 2.45) is 0 Å². The molecule has 0 saturated heterocycles. The van der Waals surface area contributed by atoms with Crippen LogP contribution in [-0.2, 0) is 6.61 Å². The van der Waals surface area contributed by atoms with Gasteiger partial charge < -0.3 is 10.1 Å². The van der Waals surface area contributed by atoms with E-state index in [0.717, 1.165) is 22.6 Å². The van der Waals surface area contributed by atoms with Crippen LogP contribution < -0.4 is 15.4 Å². The smallest absolute Gasteiger partial charge is 0.325 e. The molecule has 3 rings (SSSR count). The van der Waals surface area contributed by atoms with E-state index in [4.69, 9.17) is 4.74 Å². The maximum absolute atomic E-state index is 12.0. The summed E-state index contributed by atoms with van der Waals surface area (Å²) >= 11 is 1.28. The highest BCUT2D eigenvalue weighted by Gasteiger charge is 2.10. The zero-order chi connectivity index (χ0) is 18.5. The number of nitrogens with one attached hydrogen (secondary N) is 2. The molecule has 0 aliphatic carbocycles. The summed E-state index contributed by atoms with van der Waals surface area (Å²) in [5.41, 5.74) is 4.13. The maximum Gasteiger partial charge on any atom is 0.325 e. The van der Waals surface area contributed by atoms with Crippen molar-refractivity contribution >= 4 is 28.2 Å². The molecule has 3 aromatic rings. The fourth-order valence-corrected chi connectivity index (χ4v) is 2.93. The number of aromatic nitrogens is 2. The number of carbonyl (C=O) groups excluding carboxylic acids is 1. The molecule has 26 heavy (non-hydrogen) atoms. The highest BCUT2D eigenvalue weighted by atomic mass is 32.1. The van der Waals surface area contributed by atoms with Crippen LogP contribution in [-0.4, -0.2) is 16.2 Å². The summed E-state index contributed by atoms with van der Waals surface area (Å²) < 4.78 is 5.81. The third-order valence-corrected chi connectivity index (χ3v) is 4.72. The Morgan fingerprint density at radius 1 is 1.04 bits per heavy atom. The van der Waals surface area contributed by atoms with E-state index in [9.17, 15) is 4.79 Å². The van der Waals surface area contributed by atoms with Crippen LogP contribution in [0, 0.1) is 20.8 Å². The average Bonchev–Trinajstić information content (AvgIpc) is 3.05. The van der Waals surface area contributed by atoms with Gasteiger partial charge in [-0.1, -0.05) is 41.2 Å². The van der Waals surface area contributed by atoms with E-state index in [1.165, 1.54) is 16.9 Å². The van der Waals surface area contributed by atoms with Gasteiger partial charge in [-0.15, -0.1) is 10.2 Å². The maximum atomic E-state index is 12.0. The Balaban J connectivity index is 1.55. The third-order valence-electron chi connectivity index (χ3n) is 3.90. The summed E-state index contributed by atoms with van der Waals surface area (Å²) in [6.07, 6.45) is 0. The summed E-state index contributed by atoms with van der Waals surface area (Å²) in [6, 6.07) is 13.1. The van der Waals surface area contributed by atoms with Gasteiger partial charge in [0, 0.05) is 5.69 Å². The molecule has 0 fully saturated rings. The molecule has 0 radical (unpaired) electrons. The van der Waals surface area contributed by atoms with Gasteiger partial charge in [0.2, 0.25) is 5.13 Å². The Labute approximate surface area is 156 Å². The van der Waals surface area contributed by atoms with Crippen LogP contribution in [0.15, 0.2) is 42.5 Å². The van der Waals surface area contributed by atoms with E-state index in [-0.39, 0.29) is 6.03 Å². The molecule has 0 spiro atoms. The van der Waals surface area contributed by atoms with E-state index in [1.54, 1.807) is 0 Å². The zero-order valence-corrected chi connectivity index (χ0v) is 15.7. The first kappa shape index (κ1) is 17.9. The van der Waals surface area contributed by atoms with Gasteiger partial charge in [0.15, 0.2) is 5.01 Å². The predicted octanol–water partition coefficient (Wildman–Crippen LogP) is 4.69. The van der Waals surface area contributed by atoms with Crippen LogP contribution in [0.3, 0.4) is 0 Å². The van der Waals surface area contributed by atoms with Crippen molar-refractivity contribution in [1.29, 1.82) is 0 Å². The first-order valence-electron chi connectivity index (χ1n) is 8.17. The normalized spacial score (nSPS) is 10.4. The monoisotopic (exact) mass is 368 g/mol. The minimum Gasteiger partial charge on any atom is -0.486 e. The number of urea groups is 1. The Bertz CT molecular complexity index is 906. The minimum atomic E-state index is -0.355. The van der Waals surface area contributed by atoms with Gasteiger partial charge in [-0.3, -0.25) is 5.32 Å². The van der Waals surface area contributed by atoms with Crippen molar-refractivity contribution in [3.63, 3.8) is 0 Å². The first-order valence-corrected chi connectivity index (χ1v) is 8.99. The summed E-state index contributed by atoms with van der Waals surface area (Å²) in [6.45, 7) is 6.37. The molecule has 2 aromatic carbocycles. The number of carbonyl (C=O) groups is 1. The molecule has 7 heteroatoms. The van der Waals surface area contributed by atoms with E-state index in [0.29, 0.717) is 16.7 Å². The highest BCUT2D eigenvalue weighted by molar-refractivity contribution is 7.15. The van der Waals surface area contributed by atoms with Crippen LogP contribution in [0.2, 0.25) is 0 Å². The standard InChI is InChI=1S/C19H20N4O2S/c1-12-7-9-15(10-8-12)20-18(24)21-19-23-22-17(26-19)11-25-16-6-4-5-13(2)14(16)3/h4-10H,11H2,1-3H3,(H2,20,21,23,24). The fourth-order valence-electron chi connectivity index (χ4n) is 2.28. The number of aryl methyl sites for hydroxylation is 2. The number of hydrogen-bond donors (Lipinski definition) is 2. The molecule has 0 aliphatic rings. The Morgan fingerprint density at radius 3 is 2.58 bits per heavy atom. The van der Waals surface area contributed by atoms with Crippen molar-refractivity contribution in [1.82, 2.24) is 10.2 Å². The van der Waals surface area contributed by atoms with Gasteiger partial charge in [0.25, 0.3) is 0 Å². The molecule has 1 aromatic heterocycles. The van der Waals surface area contributed by atoms with Gasteiger partial charge in [-0.25, -0.2) is 4.79 Å². The predicted molar refractivity (Wildman–Crippen MR) is 104 cm³/mol. The van der Waals surface area contributed by atoms with Gasteiger partial charge >= 0.3 is 6.03 Å².